The molecular formula is C13H17BrClFN2O2. The predicted octanol–water partition coefficient (Wildman–Crippen LogP) is 2.13. The van der Waals surface area contributed by atoms with Gasteiger partial charge in [-0.1, -0.05) is 15.9 Å². The highest BCUT2D eigenvalue weighted by Crippen LogP contribution is 2.19. The molecule has 0 aliphatic carbocycles. The van der Waals surface area contributed by atoms with Crippen LogP contribution in [0, 0.1) is 5.82 Å². The third-order valence-corrected chi connectivity index (χ3v) is 3.67. The quantitative estimate of drug-likeness (QED) is 0.860. The molecule has 1 aliphatic rings. The maximum absolute atomic E-state index is 13.2. The molecule has 0 radical (unpaired) electrons. The van der Waals surface area contributed by atoms with Crippen molar-refractivity contribution in [2.24, 2.45) is 5.73 Å². The average Bonchev–Trinajstić information content (AvgIpc) is 2.35. The number of amides is 1. The van der Waals surface area contributed by atoms with E-state index in [1.165, 1.54) is 12.1 Å². The Balaban J connectivity index is 0.00000200. The second-order valence-corrected chi connectivity index (χ2v) is 5.64. The predicted molar refractivity (Wildman–Crippen MR) is 80.2 cm³/mol. The van der Waals surface area contributed by atoms with Crippen LogP contribution in [0.5, 0.6) is 0 Å². The summed E-state index contributed by atoms with van der Waals surface area (Å²) < 4.78 is 19.0. The van der Waals surface area contributed by atoms with Gasteiger partial charge in [0, 0.05) is 24.2 Å². The Kier molecular flexibility index (Phi) is 6.39. The molecule has 0 unspecified atom stereocenters. The van der Waals surface area contributed by atoms with Gasteiger partial charge in [0.2, 0.25) is 5.91 Å². The number of carbonyl (C=O) groups excluding carboxylic acids is 1. The summed E-state index contributed by atoms with van der Waals surface area (Å²) in [5.41, 5.74) is 5.87. The van der Waals surface area contributed by atoms with Crippen molar-refractivity contribution in [3.63, 3.8) is 0 Å². The fraction of sp³-hybridized carbons (Fsp3) is 0.462. The molecule has 0 bridgehead atoms. The van der Waals surface area contributed by atoms with Gasteiger partial charge in [-0.25, -0.2) is 4.39 Å². The number of hydrogen-bond donors (Lipinski definition) is 2. The fourth-order valence-electron chi connectivity index (χ4n) is 2.03. The lowest BCUT2D eigenvalue weighted by Gasteiger charge is -2.31. The molecule has 20 heavy (non-hydrogen) atoms. The molecule has 7 heteroatoms. The maximum atomic E-state index is 13.2. The molecule has 1 aromatic rings. The van der Waals surface area contributed by atoms with E-state index in [-0.39, 0.29) is 30.7 Å². The van der Waals surface area contributed by atoms with Gasteiger partial charge in [0.25, 0.3) is 0 Å². The van der Waals surface area contributed by atoms with Gasteiger partial charge in [-0.3, -0.25) is 4.79 Å². The highest BCUT2D eigenvalue weighted by atomic mass is 79.9. The van der Waals surface area contributed by atoms with Crippen LogP contribution in [0.25, 0.3) is 0 Å². The first kappa shape index (κ1) is 17.4. The first-order valence-electron chi connectivity index (χ1n) is 6.09. The molecule has 2 rings (SSSR count). The Morgan fingerprint density at radius 1 is 1.40 bits per heavy atom. The van der Waals surface area contributed by atoms with Crippen molar-refractivity contribution >= 4 is 34.2 Å². The van der Waals surface area contributed by atoms with Gasteiger partial charge in [0.1, 0.15) is 5.82 Å². The number of nitrogens with two attached hydrogens (primary N) is 1. The first-order chi connectivity index (χ1) is 8.99. The summed E-state index contributed by atoms with van der Waals surface area (Å²) in [6, 6.07) is 4.52. The molecule has 1 aromatic carbocycles. The summed E-state index contributed by atoms with van der Waals surface area (Å²) in [6.07, 6.45) is 1.01. The van der Waals surface area contributed by atoms with Crippen molar-refractivity contribution in [2.75, 3.05) is 13.2 Å². The van der Waals surface area contributed by atoms with E-state index in [9.17, 15) is 9.18 Å². The van der Waals surface area contributed by atoms with Gasteiger partial charge in [-0.05, 0) is 36.6 Å². The van der Waals surface area contributed by atoms with E-state index >= 15 is 0 Å². The molecule has 1 amide bonds. The number of hydrogen-bond acceptors (Lipinski definition) is 3. The Bertz CT molecular complexity index is 461. The van der Waals surface area contributed by atoms with E-state index in [1.54, 1.807) is 6.07 Å². The van der Waals surface area contributed by atoms with Crippen molar-refractivity contribution in [2.45, 2.75) is 24.9 Å². The highest BCUT2D eigenvalue weighted by molar-refractivity contribution is 9.10. The fourth-order valence-corrected chi connectivity index (χ4v) is 2.55. The van der Waals surface area contributed by atoms with Crippen molar-refractivity contribution in [3.8, 4) is 0 Å². The molecule has 0 saturated carbocycles. The summed E-state index contributed by atoms with van der Waals surface area (Å²) in [5.74, 6) is -0.552. The van der Waals surface area contributed by atoms with E-state index in [2.05, 4.69) is 21.2 Å². The van der Waals surface area contributed by atoms with Crippen LogP contribution in [0.1, 0.15) is 18.4 Å². The lowest BCUT2D eigenvalue weighted by atomic mass is 9.90. The average molecular weight is 368 g/mol. The van der Waals surface area contributed by atoms with Gasteiger partial charge >= 0.3 is 0 Å². The van der Waals surface area contributed by atoms with Crippen molar-refractivity contribution in [1.82, 2.24) is 5.32 Å². The lowest BCUT2D eigenvalue weighted by Crippen LogP contribution is -2.56. The molecule has 1 aliphatic heterocycles. The topological polar surface area (TPSA) is 64.4 Å². The number of nitrogens with one attached hydrogen (secondary N) is 1. The number of benzene rings is 1. The van der Waals surface area contributed by atoms with E-state index in [0.717, 1.165) is 0 Å². The zero-order chi connectivity index (χ0) is 13.9. The van der Waals surface area contributed by atoms with Crippen LogP contribution in [-0.4, -0.2) is 24.7 Å². The number of carbonyl (C=O) groups is 1. The number of halogens is 3. The molecular weight excluding hydrogens is 351 g/mol. The van der Waals surface area contributed by atoms with Gasteiger partial charge in [-0.2, -0.15) is 0 Å². The summed E-state index contributed by atoms with van der Waals surface area (Å²) >= 11 is 3.21. The zero-order valence-corrected chi connectivity index (χ0v) is 13.2. The molecule has 4 nitrogen and oxygen atoms in total. The maximum Gasteiger partial charge on any atom is 0.240 e. The Morgan fingerprint density at radius 3 is 2.65 bits per heavy atom. The van der Waals surface area contributed by atoms with E-state index in [0.29, 0.717) is 36.1 Å². The first-order valence-corrected chi connectivity index (χ1v) is 6.89. The van der Waals surface area contributed by atoms with E-state index in [4.69, 9.17) is 10.5 Å². The molecule has 3 N–H and O–H groups in total. The Hall–Kier alpha value is -0.690. The SMILES string of the molecule is Cl.NC1(C(=O)NCc2cc(F)cc(Br)c2)CCOCC1. The highest BCUT2D eigenvalue weighted by Gasteiger charge is 2.35. The van der Waals surface area contributed by atoms with E-state index in [1.807, 2.05) is 0 Å². The minimum absolute atomic E-state index is 0. The second-order valence-electron chi connectivity index (χ2n) is 4.73. The molecule has 1 heterocycles. The van der Waals surface area contributed by atoms with Crippen molar-refractivity contribution in [3.05, 3.63) is 34.1 Å². The molecule has 0 spiro atoms. The van der Waals surface area contributed by atoms with Crippen LogP contribution in [-0.2, 0) is 16.1 Å². The summed E-state index contributed by atoms with van der Waals surface area (Å²) in [7, 11) is 0. The smallest absolute Gasteiger partial charge is 0.240 e. The third kappa shape index (κ3) is 4.41. The molecule has 112 valence electrons. The van der Waals surface area contributed by atoms with Gasteiger partial charge in [-0.15, -0.1) is 12.4 Å². The van der Waals surface area contributed by atoms with Crippen LogP contribution < -0.4 is 11.1 Å². The van der Waals surface area contributed by atoms with Crippen LogP contribution in [0.2, 0.25) is 0 Å². The summed E-state index contributed by atoms with van der Waals surface area (Å²) in [5, 5.41) is 2.76. The van der Waals surface area contributed by atoms with Gasteiger partial charge in [0.05, 0.1) is 5.54 Å². The minimum Gasteiger partial charge on any atom is -0.381 e. The monoisotopic (exact) mass is 366 g/mol. The van der Waals surface area contributed by atoms with Crippen LogP contribution in [0.3, 0.4) is 0 Å². The molecule has 1 fully saturated rings. The summed E-state index contributed by atoms with van der Waals surface area (Å²) in [6.45, 7) is 1.25. The van der Waals surface area contributed by atoms with Crippen LogP contribution in [0.4, 0.5) is 4.39 Å². The zero-order valence-electron chi connectivity index (χ0n) is 10.8. The number of ether oxygens (including phenoxy) is 1. The Labute approximate surface area is 131 Å². The Morgan fingerprint density at radius 2 is 2.05 bits per heavy atom. The molecule has 1 saturated heterocycles. The van der Waals surface area contributed by atoms with Gasteiger partial charge in [0.15, 0.2) is 0 Å². The van der Waals surface area contributed by atoms with Crippen LogP contribution >= 0.6 is 28.3 Å². The molecule has 0 aromatic heterocycles. The standard InChI is InChI=1S/C13H16BrFN2O2.ClH/c14-10-5-9(6-11(15)7-10)8-17-12(18)13(16)1-3-19-4-2-13;/h5-7H,1-4,8,16H2,(H,17,18);1H. The minimum atomic E-state index is -0.872. The normalized spacial score (nSPS) is 17.1. The summed E-state index contributed by atoms with van der Waals surface area (Å²) in [4.78, 5) is 12.1. The van der Waals surface area contributed by atoms with Crippen LogP contribution in [0.15, 0.2) is 22.7 Å². The third-order valence-electron chi connectivity index (χ3n) is 3.21. The van der Waals surface area contributed by atoms with E-state index < -0.39 is 5.54 Å². The largest absolute Gasteiger partial charge is 0.381 e. The second kappa shape index (κ2) is 7.36. The lowest BCUT2D eigenvalue weighted by molar-refractivity contribution is -0.129. The van der Waals surface area contributed by atoms with Crippen molar-refractivity contribution in [1.29, 1.82) is 0 Å². The number of rotatable bonds is 3. The van der Waals surface area contributed by atoms with Crippen molar-refractivity contribution < 1.29 is 13.9 Å². The molecule has 0 atom stereocenters. The van der Waals surface area contributed by atoms with Gasteiger partial charge < -0.3 is 15.8 Å².